The normalized spacial score (nSPS) is 44.1. The Morgan fingerprint density at radius 3 is 2.29 bits per heavy atom. The molecule has 3 N–H and O–H groups in total. The van der Waals surface area contributed by atoms with Crippen LogP contribution in [-0.2, 0) is 4.74 Å². The second kappa shape index (κ2) is 4.57. The molecule has 2 aliphatic rings. The third kappa shape index (κ3) is 2.45. The van der Waals surface area contributed by atoms with E-state index in [0.717, 1.165) is 25.7 Å². The molecule has 0 amide bonds. The van der Waals surface area contributed by atoms with Gasteiger partial charge in [0.2, 0.25) is 0 Å². The molecule has 0 aromatic carbocycles. The van der Waals surface area contributed by atoms with Gasteiger partial charge < -0.3 is 20.3 Å². The van der Waals surface area contributed by atoms with E-state index in [4.69, 9.17) is 4.74 Å². The maximum atomic E-state index is 9.53. The Morgan fingerprint density at radius 1 is 1.00 bits per heavy atom. The van der Waals surface area contributed by atoms with Crippen molar-refractivity contribution in [2.75, 3.05) is 13.2 Å². The molecule has 1 aliphatic carbocycles. The van der Waals surface area contributed by atoms with Crippen molar-refractivity contribution in [3.8, 4) is 0 Å². The highest BCUT2D eigenvalue weighted by atomic mass is 16.5. The first kappa shape index (κ1) is 10.4. The molecule has 1 saturated carbocycles. The Bertz CT molecular complexity index is 180. The summed E-state index contributed by atoms with van der Waals surface area (Å²) in [6.45, 7) is 1.06. The second-order valence-corrected chi connectivity index (χ2v) is 4.38. The van der Waals surface area contributed by atoms with Crippen LogP contribution in [0.5, 0.6) is 0 Å². The molecule has 14 heavy (non-hydrogen) atoms. The Balaban J connectivity index is 1.74. The van der Waals surface area contributed by atoms with Gasteiger partial charge in [-0.15, -0.1) is 0 Å². The summed E-state index contributed by atoms with van der Waals surface area (Å²) >= 11 is 0. The summed E-state index contributed by atoms with van der Waals surface area (Å²) in [7, 11) is 0. The maximum Gasteiger partial charge on any atom is 0.0948 e. The highest BCUT2D eigenvalue weighted by Gasteiger charge is 2.29. The van der Waals surface area contributed by atoms with Gasteiger partial charge in [-0.25, -0.2) is 0 Å². The lowest BCUT2D eigenvalue weighted by molar-refractivity contribution is 0.102. The number of aliphatic hydroxyl groups excluding tert-OH is 2. The van der Waals surface area contributed by atoms with Crippen LogP contribution in [-0.4, -0.2) is 47.7 Å². The van der Waals surface area contributed by atoms with E-state index in [1.807, 2.05) is 0 Å². The number of ether oxygens (including phenoxy) is 1. The molecule has 4 heteroatoms. The lowest BCUT2D eigenvalue weighted by Gasteiger charge is -2.29. The third-order valence-electron chi connectivity index (χ3n) is 3.20. The van der Waals surface area contributed by atoms with Crippen LogP contribution in [0, 0.1) is 0 Å². The van der Waals surface area contributed by atoms with E-state index in [-0.39, 0.29) is 18.2 Å². The molecule has 1 saturated heterocycles. The topological polar surface area (TPSA) is 61.7 Å². The van der Waals surface area contributed by atoms with Gasteiger partial charge >= 0.3 is 0 Å². The molecule has 2 rings (SSSR count). The highest BCUT2D eigenvalue weighted by Crippen LogP contribution is 2.19. The van der Waals surface area contributed by atoms with Crippen LogP contribution in [0.15, 0.2) is 0 Å². The second-order valence-electron chi connectivity index (χ2n) is 4.38. The molecule has 82 valence electrons. The van der Waals surface area contributed by atoms with E-state index < -0.39 is 0 Å². The summed E-state index contributed by atoms with van der Waals surface area (Å²) in [6, 6.07) is 0.537. The van der Waals surface area contributed by atoms with Gasteiger partial charge in [0.25, 0.3) is 0 Å². The van der Waals surface area contributed by atoms with Crippen molar-refractivity contribution in [3.63, 3.8) is 0 Å². The summed E-state index contributed by atoms with van der Waals surface area (Å²) in [6.07, 6.45) is 3.29. The predicted molar refractivity (Wildman–Crippen MR) is 52.0 cm³/mol. The zero-order valence-electron chi connectivity index (χ0n) is 8.35. The van der Waals surface area contributed by atoms with Crippen LogP contribution in [0.1, 0.15) is 25.7 Å². The molecule has 2 fully saturated rings. The molecule has 0 aromatic heterocycles. The molecule has 1 heterocycles. The molecule has 2 atom stereocenters. The fraction of sp³-hybridized carbons (Fsp3) is 1.00. The molecule has 4 nitrogen and oxygen atoms in total. The SMILES string of the molecule is OC1CCC(N[C@@H]2COC[C@H]2O)CC1. The van der Waals surface area contributed by atoms with Crippen LogP contribution < -0.4 is 5.32 Å². The lowest BCUT2D eigenvalue weighted by Crippen LogP contribution is -2.46. The standard InChI is InChI=1S/C10H19NO3/c12-8-3-1-7(2-4-8)11-9-5-14-6-10(9)13/h7-13H,1-6H2/t7?,8?,9-,10-/m1/s1. The van der Waals surface area contributed by atoms with E-state index in [1.54, 1.807) is 0 Å². The minimum Gasteiger partial charge on any atom is -0.393 e. The Hall–Kier alpha value is -0.160. The summed E-state index contributed by atoms with van der Waals surface area (Å²) < 4.78 is 5.17. The van der Waals surface area contributed by atoms with Gasteiger partial charge in [0.15, 0.2) is 0 Å². The minimum absolute atomic E-state index is 0.0928. The van der Waals surface area contributed by atoms with Crippen molar-refractivity contribution in [3.05, 3.63) is 0 Å². The first-order valence-corrected chi connectivity index (χ1v) is 5.45. The Kier molecular flexibility index (Phi) is 3.38. The van der Waals surface area contributed by atoms with Gasteiger partial charge in [-0.2, -0.15) is 0 Å². The number of aliphatic hydroxyl groups is 2. The van der Waals surface area contributed by atoms with Crippen molar-refractivity contribution >= 4 is 0 Å². The van der Waals surface area contributed by atoms with Gasteiger partial charge in [0.1, 0.15) is 0 Å². The van der Waals surface area contributed by atoms with Crippen molar-refractivity contribution in [2.45, 2.75) is 50.0 Å². The first-order valence-electron chi connectivity index (χ1n) is 5.45. The monoisotopic (exact) mass is 201 g/mol. The van der Waals surface area contributed by atoms with Crippen LogP contribution in [0.2, 0.25) is 0 Å². The third-order valence-corrected chi connectivity index (χ3v) is 3.20. The molecular formula is C10H19NO3. The molecule has 0 unspecified atom stereocenters. The summed E-state index contributed by atoms with van der Waals surface area (Å²) in [5.74, 6) is 0. The van der Waals surface area contributed by atoms with Crippen LogP contribution >= 0.6 is 0 Å². The van der Waals surface area contributed by atoms with Crippen molar-refractivity contribution < 1.29 is 14.9 Å². The van der Waals surface area contributed by atoms with E-state index in [1.165, 1.54) is 0 Å². The van der Waals surface area contributed by atoms with Crippen LogP contribution in [0.4, 0.5) is 0 Å². The highest BCUT2D eigenvalue weighted by molar-refractivity contribution is 4.86. The average Bonchev–Trinajstić information content (AvgIpc) is 2.56. The van der Waals surface area contributed by atoms with Crippen molar-refractivity contribution in [1.82, 2.24) is 5.32 Å². The fourth-order valence-corrected chi connectivity index (χ4v) is 2.25. The summed E-state index contributed by atoms with van der Waals surface area (Å²) in [5.41, 5.74) is 0. The average molecular weight is 201 g/mol. The fourth-order valence-electron chi connectivity index (χ4n) is 2.25. The zero-order chi connectivity index (χ0) is 9.97. The largest absolute Gasteiger partial charge is 0.393 e. The molecule has 0 spiro atoms. The van der Waals surface area contributed by atoms with E-state index in [9.17, 15) is 10.2 Å². The van der Waals surface area contributed by atoms with Crippen molar-refractivity contribution in [2.24, 2.45) is 0 Å². The number of hydrogen-bond donors (Lipinski definition) is 3. The molecule has 0 aromatic rings. The summed E-state index contributed by atoms with van der Waals surface area (Å²) in [5, 5.41) is 22.3. The van der Waals surface area contributed by atoms with E-state index in [0.29, 0.717) is 19.3 Å². The van der Waals surface area contributed by atoms with Gasteiger partial charge in [-0.1, -0.05) is 0 Å². The Morgan fingerprint density at radius 2 is 1.71 bits per heavy atom. The van der Waals surface area contributed by atoms with Crippen LogP contribution in [0.25, 0.3) is 0 Å². The maximum absolute atomic E-state index is 9.53. The zero-order valence-corrected chi connectivity index (χ0v) is 8.35. The number of rotatable bonds is 2. The smallest absolute Gasteiger partial charge is 0.0948 e. The van der Waals surface area contributed by atoms with Gasteiger partial charge in [-0.05, 0) is 25.7 Å². The molecular weight excluding hydrogens is 182 g/mol. The summed E-state index contributed by atoms with van der Waals surface area (Å²) in [4.78, 5) is 0. The quantitative estimate of drug-likeness (QED) is 0.571. The number of hydrogen-bond acceptors (Lipinski definition) is 4. The van der Waals surface area contributed by atoms with Gasteiger partial charge in [0, 0.05) is 6.04 Å². The van der Waals surface area contributed by atoms with Gasteiger partial charge in [-0.3, -0.25) is 0 Å². The van der Waals surface area contributed by atoms with Crippen LogP contribution in [0.3, 0.4) is 0 Å². The molecule has 1 aliphatic heterocycles. The molecule has 0 radical (unpaired) electrons. The number of nitrogens with one attached hydrogen (secondary N) is 1. The molecule has 0 bridgehead atoms. The first-order chi connectivity index (χ1) is 6.75. The van der Waals surface area contributed by atoms with E-state index in [2.05, 4.69) is 5.32 Å². The van der Waals surface area contributed by atoms with E-state index >= 15 is 0 Å². The lowest BCUT2D eigenvalue weighted by atomic mass is 9.92. The predicted octanol–water partition coefficient (Wildman–Crippen LogP) is -0.361. The van der Waals surface area contributed by atoms with Gasteiger partial charge in [0.05, 0.1) is 31.5 Å². The minimum atomic E-state index is -0.359. The Labute approximate surface area is 84.3 Å². The van der Waals surface area contributed by atoms with Crippen molar-refractivity contribution in [1.29, 1.82) is 0 Å².